The van der Waals surface area contributed by atoms with Crippen LogP contribution in [0.5, 0.6) is 11.5 Å². The molecule has 2 aromatic rings. The fourth-order valence-corrected chi connectivity index (χ4v) is 3.21. The molecular weight excluding hydrogens is 322 g/mol. The van der Waals surface area contributed by atoms with Gasteiger partial charge in [0, 0.05) is 0 Å². The molecule has 8 heteroatoms. The number of hydrogen-bond donors (Lipinski definition) is 1. The van der Waals surface area contributed by atoms with E-state index in [-0.39, 0.29) is 5.91 Å². The van der Waals surface area contributed by atoms with Crippen LogP contribution in [-0.2, 0) is 4.79 Å². The van der Waals surface area contributed by atoms with Gasteiger partial charge in [0.05, 0.1) is 7.11 Å². The predicted octanol–water partition coefficient (Wildman–Crippen LogP) is 3.06. The molecule has 1 atom stereocenters. The first-order valence-electron chi connectivity index (χ1n) is 6.70. The lowest BCUT2D eigenvalue weighted by atomic mass is 10.3. The van der Waals surface area contributed by atoms with Gasteiger partial charge in [0.2, 0.25) is 5.13 Å². The first-order chi connectivity index (χ1) is 10.6. The highest BCUT2D eigenvalue weighted by Crippen LogP contribution is 2.25. The first-order valence-corrected chi connectivity index (χ1v) is 8.50. The Morgan fingerprint density at radius 3 is 2.64 bits per heavy atom. The van der Waals surface area contributed by atoms with Gasteiger partial charge in [-0.1, -0.05) is 30.0 Å². The van der Waals surface area contributed by atoms with E-state index in [0.29, 0.717) is 10.9 Å². The molecule has 0 saturated heterocycles. The van der Waals surface area contributed by atoms with Gasteiger partial charge in [-0.25, -0.2) is 0 Å². The Kier molecular flexibility index (Phi) is 6.02. The Bertz CT molecular complexity index is 616. The SMILES string of the molecule is CCSc1nnc(NC(=O)[C@H](C)Oc2ccc(OC)cc2)s1. The van der Waals surface area contributed by atoms with Gasteiger partial charge in [0.15, 0.2) is 10.4 Å². The van der Waals surface area contributed by atoms with Crippen LogP contribution in [0.1, 0.15) is 13.8 Å². The van der Waals surface area contributed by atoms with Crippen molar-refractivity contribution in [1.82, 2.24) is 10.2 Å². The third-order valence-corrected chi connectivity index (χ3v) is 4.50. The summed E-state index contributed by atoms with van der Waals surface area (Å²) >= 11 is 2.94. The summed E-state index contributed by atoms with van der Waals surface area (Å²) in [6, 6.07) is 7.06. The largest absolute Gasteiger partial charge is 0.497 e. The number of hydrogen-bond acceptors (Lipinski definition) is 7. The van der Waals surface area contributed by atoms with Gasteiger partial charge >= 0.3 is 0 Å². The summed E-state index contributed by atoms with van der Waals surface area (Å²) < 4.78 is 11.5. The molecule has 1 heterocycles. The van der Waals surface area contributed by atoms with Gasteiger partial charge in [0.25, 0.3) is 5.91 Å². The summed E-state index contributed by atoms with van der Waals surface area (Å²) in [5.41, 5.74) is 0. The number of methoxy groups -OCH3 is 1. The minimum atomic E-state index is -0.639. The number of ether oxygens (including phenoxy) is 2. The van der Waals surface area contributed by atoms with E-state index in [0.717, 1.165) is 15.8 Å². The van der Waals surface area contributed by atoms with Crippen molar-refractivity contribution in [3.8, 4) is 11.5 Å². The number of carbonyl (C=O) groups is 1. The number of nitrogens with one attached hydrogen (secondary N) is 1. The third kappa shape index (κ3) is 4.60. The van der Waals surface area contributed by atoms with Crippen LogP contribution in [0.2, 0.25) is 0 Å². The second kappa shape index (κ2) is 8.00. The lowest BCUT2D eigenvalue weighted by Gasteiger charge is -2.13. The molecule has 118 valence electrons. The number of carbonyl (C=O) groups excluding carboxylic acids is 1. The second-order valence-electron chi connectivity index (χ2n) is 4.23. The molecular formula is C14H17N3O3S2. The molecule has 0 unspecified atom stereocenters. The Balaban J connectivity index is 1.90. The Labute approximate surface area is 137 Å². The molecule has 0 aliphatic carbocycles. The molecule has 0 bridgehead atoms. The van der Waals surface area contributed by atoms with Gasteiger partial charge in [-0.15, -0.1) is 10.2 Å². The van der Waals surface area contributed by atoms with Crippen LogP contribution in [0.3, 0.4) is 0 Å². The number of anilines is 1. The van der Waals surface area contributed by atoms with E-state index in [9.17, 15) is 4.79 Å². The van der Waals surface area contributed by atoms with E-state index in [1.807, 2.05) is 6.92 Å². The van der Waals surface area contributed by atoms with Crippen LogP contribution in [0, 0.1) is 0 Å². The van der Waals surface area contributed by atoms with Crippen molar-refractivity contribution in [2.24, 2.45) is 0 Å². The Morgan fingerprint density at radius 2 is 2.00 bits per heavy atom. The molecule has 0 radical (unpaired) electrons. The molecule has 0 spiro atoms. The first kappa shape index (κ1) is 16.6. The van der Waals surface area contributed by atoms with Crippen molar-refractivity contribution >= 4 is 34.1 Å². The summed E-state index contributed by atoms with van der Waals surface area (Å²) in [5, 5.41) is 11.1. The molecule has 22 heavy (non-hydrogen) atoms. The number of rotatable bonds is 7. The summed E-state index contributed by atoms with van der Waals surface area (Å²) in [7, 11) is 1.60. The highest BCUT2D eigenvalue weighted by molar-refractivity contribution is 8.01. The molecule has 0 aliphatic heterocycles. The molecule has 1 N–H and O–H groups in total. The highest BCUT2D eigenvalue weighted by Gasteiger charge is 2.17. The van der Waals surface area contributed by atoms with Crippen LogP contribution in [-0.4, -0.2) is 35.1 Å². The topological polar surface area (TPSA) is 73.3 Å². The fourth-order valence-electron chi connectivity index (χ4n) is 1.56. The highest BCUT2D eigenvalue weighted by atomic mass is 32.2. The Hall–Kier alpha value is -1.80. The van der Waals surface area contributed by atoms with Crippen molar-refractivity contribution in [1.29, 1.82) is 0 Å². The van der Waals surface area contributed by atoms with E-state index < -0.39 is 6.10 Å². The van der Waals surface area contributed by atoms with Crippen molar-refractivity contribution in [3.05, 3.63) is 24.3 Å². The fraction of sp³-hybridized carbons (Fsp3) is 0.357. The van der Waals surface area contributed by atoms with Crippen molar-refractivity contribution < 1.29 is 14.3 Å². The monoisotopic (exact) mass is 339 g/mol. The van der Waals surface area contributed by atoms with Gasteiger partial charge in [-0.05, 0) is 36.9 Å². The molecule has 0 fully saturated rings. The van der Waals surface area contributed by atoms with Gasteiger partial charge < -0.3 is 9.47 Å². The maximum Gasteiger partial charge on any atom is 0.266 e. The zero-order valence-corrected chi connectivity index (χ0v) is 14.2. The minimum Gasteiger partial charge on any atom is -0.497 e. The molecule has 2 rings (SSSR count). The number of benzene rings is 1. The summed E-state index contributed by atoms with van der Waals surface area (Å²) in [6.45, 7) is 3.72. The van der Waals surface area contributed by atoms with Crippen LogP contribution >= 0.6 is 23.1 Å². The van der Waals surface area contributed by atoms with Crippen LogP contribution < -0.4 is 14.8 Å². The van der Waals surface area contributed by atoms with E-state index >= 15 is 0 Å². The predicted molar refractivity (Wildman–Crippen MR) is 88.0 cm³/mol. The van der Waals surface area contributed by atoms with E-state index in [1.54, 1.807) is 50.1 Å². The average molecular weight is 339 g/mol. The van der Waals surface area contributed by atoms with Crippen LogP contribution in [0.4, 0.5) is 5.13 Å². The number of amides is 1. The molecule has 1 aromatic heterocycles. The third-order valence-electron chi connectivity index (χ3n) is 2.65. The summed E-state index contributed by atoms with van der Waals surface area (Å²) in [5.74, 6) is 1.99. The second-order valence-corrected chi connectivity index (χ2v) is 6.72. The minimum absolute atomic E-state index is 0.264. The normalized spacial score (nSPS) is 11.8. The standard InChI is InChI=1S/C14H17N3O3S2/c1-4-21-14-17-16-13(22-14)15-12(18)9(2)20-11-7-5-10(19-3)6-8-11/h5-9H,4H2,1-3H3,(H,15,16,18)/t9-/m0/s1. The van der Waals surface area contributed by atoms with Crippen LogP contribution in [0.25, 0.3) is 0 Å². The average Bonchev–Trinajstić information content (AvgIpc) is 2.95. The molecule has 1 aromatic carbocycles. The van der Waals surface area contributed by atoms with Crippen LogP contribution in [0.15, 0.2) is 28.6 Å². The number of nitrogens with zero attached hydrogens (tertiary/aromatic N) is 2. The molecule has 6 nitrogen and oxygen atoms in total. The summed E-state index contributed by atoms with van der Waals surface area (Å²) in [4.78, 5) is 12.1. The summed E-state index contributed by atoms with van der Waals surface area (Å²) in [6.07, 6.45) is -0.639. The quantitative estimate of drug-likeness (QED) is 0.617. The zero-order valence-electron chi connectivity index (χ0n) is 12.5. The van der Waals surface area contributed by atoms with Crippen molar-refractivity contribution in [2.75, 3.05) is 18.2 Å². The smallest absolute Gasteiger partial charge is 0.266 e. The lowest BCUT2D eigenvalue weighted by Crippen LogP contribution is -2.30. The van der Waals surface area contributed by atoms with Gasteiger partial charge in [-0.2, -0.15) is 0 Å². The van der Waals surface area contributed by atoms with Crippen molar-refractivity contribution in [2.45, 2.75) is 24.3 Å². The van der Waals surface area contributed by atoms with E-state index in [4.69, 9.17) is 9.47 Å². The maximum absolute atomic E-state index is 12.1. The van der Waals surface area contributed by atoms with Crippen molar-refractivity contribution in [3.63, 3.8) is 0 Å². The number of thioether (sulfide) groups is 1. The van der Waals surface area contributed by atoms with Gasteiger partial charge in [-0.3, -0.25) is 10.1 Å². The maximum atomic E-state index is 12.1. The van der Waals surface area contributed by atoms with E-state index in [2.05, 4.69) is 15.5 Å². The lowest BCUT2D eigenvalue weighted by molar-refractivity contribution is -0.122. The zero-order chi connectivity index (χ0) is 15.9. The molecule has 1 amide bonds. The number of aromatic nitrogens is 2. The van der Waals surface area contributed by atoms with E-state index in [1.165, 1.54) is 11.3 Å². The molecule has 0 aliphatic rings. The molecule has 0 saturated carbocycles. The Morgan fingerprint density at radius 1 is 1.32 bits per heavy atom. The van der Waals surface area contributed by atoms with Gasteiger partial charge in [0.1, 0.15) is 11.5 Å².